The van der Waals surface area contributed by atoms with Crippen molar-refractivity contribution in [1.29, 1.82) is 0 Å². The summed E-state index contributed by atoms with van der Waals surface area (Å²) in [6.45, 7) is 9.73. The van der Waals surface area contributed by atoms with Gasteiger partial charge in [-0.15, -0.1) is 24.0 Å². The van der Waals surface area contributed by atoms with Crippen LogP contribution in [0.5, 0.6) is 0 Å². The molecule has 1 heterocycles. The van der Waals surface area contributed by atoms with E-state index in [1.54, 1.807) is 0 Å². The zero-order valence-electron chi connectivity index (χ0n) is 13.8. The predicted octanol–water partition coefficient (Wildman–Crippen LogP) is 0.443. The number of hydrogen-bond donors (Lipinski definition) is 2. The Labute approximate surface area is 150 Å². The number of morpholine rings is 1. The Hall–Kier alpha value is -0.610. The van der Waals surface area contributed by atoms with Crippen LogP contribution in [0, 0.1) is 0 Å². The van der Waals surface area contributed by atoms with Gasteiger partial charge in [-0.1, -0.05) is 0 Å². The number of aliphatic imine (C=N–C) groups is 1. The lowest BCUT2D eigenvalue weighted by Crippen LogP contribution is -2.44. The summed E-state index contributed by atoms with van der Waals surface area (Å²) in [5.74, 6) is 0.515. The number of ether oxygens (including phenoxy) is 2. The Bertz CT molecular complexity index is 336. The van der Waals surface area contributed by atoms with Crippen LogP contribution in [0.15, 0.2) is 4.99 Å². The Morgan fingerprint density at radius 2 is 2.05 bits per heavy atom. The monoisotopic (exact) mass is 428 g/mol. The number of halogens is 1. The van der Waals surface area contributed by atoms with Crippen LogP contribution in [-0.4, -0.2) is 75.9 Å². The lowest BCUT2D eigenvalue weighted by atomic mass is 10.2. The number of esters is 1. The van der Waals surface area contributed by atoms with Gasteiger partial charge in [-0.2, -0.15) is 0 Å². The molecule has 1 saturated heterocycles. The lowest BCUT2D eigenvalue weighted by molar-refractivity contribution is -0.140. The molecule has 1 atom stereocenters. The molecule has 1 fully saturated rings. The summed E-state index contributed by atoms with van der Waals surface area (Å²) in [6.07, 6.45) is 0.333. The average molecular weight is 428 g/mol. The number of methoxy groups -OCH3 is 1. The molecule has 130 valence electrons. The second-order valence-electron chi connectivity index (χ2n) is 4.97. The molecule has 0 aromatic rings. The van der Waals surface area contributed by atoms with Crippen molar-refractivity contribution in [3.63, 3.8) is 0 Å². The molecule has 7 nitrogen and oxygen atoms in total. The van der Waals surface area contributed by atoms with Crippen LogP contribution < -0.4 is 10.6 Å². The molecule has 0 spiro atoms. The third-order valence-corrected chi connectivity index (χ3v) is 3.38. The summed E-state index contributed by atoms with van der Waals surface area (Å²) in [7, 11) is 1.39. The quantitative estimate of drug-likeness (QED) is 0.266. The average Bonchev–Trinajstić information content (AvgIpc) is 2.52. The molecule has 0 aromatic carbocycles. The minimum absolute atomic E-state index is 0. The van der Waals surface area contributed by atoms with E-state index in [0.717, 1.165) is 38.8 Å². The van der Waals surface area contributed by atoms with Gasteiger partial charge in [0.15, 0.2) is 5.96 Å². The van der Waals surface area contributed by atoms with Crippen molar-refractivity contribution in [3.05, 3.63) is 0 Å². The standard InChI is InChI=1S/C14H28N4O3.HI/c1-4-15-14(16-6-5-13(19)20-3)17-11-12(2)18-7-9-21-10-8-18;/h12H,4-11H2,1-3H3,(H2,15,16,17);1H. The molecule has 0 aromatic heterocycles. The van der Waals surface area contributed by atoms with Gasteiger partial charge in [-0.25, -0.2) is 0 Å². The van der Waals surface area contributed by atoms with Crippen molar-refractivity contribution >= 4 is 35.9 Å². The highest BCUT2D eigenvalue weighted by molar-refractivity contribution is 14.0. The van der Waals surface area contributed by atoms with Gasteiger partial charge in [0.2, 0.25) is 0 Å². The SMILES string of the molecule is CCNC(=NCC(C)N1CCOCC1)NCCC(=O)OC.I. The van der Waals surface area contributed by atoms with E-state index < -0.39 is 0 Å². The normalized spacial score (nSPS) is 17.3. The van der Waals surface area contributed by atoms with Gasteiger partial charge in [0.1, 0.15) is 0 Å². The van der Waals surface area contributed by atoms with Crippen LogP contribution in [0.25, 0.3) is 0 Å². The van der Waals surface area contributed by atoms with Gasteiger partial charge in [0, 0.05) is 32.2 Å². The lowest BCUT2D eigenvalue weighted by Gasteiger charge is -2.31. The number of guanidine groups is 1. The van der Waals surface area contributed by atoms with E-state index in [1.165, 1.54) is 7.11 Å². The second kappa shape index (κ2) is 12.9. The van der Waals surface area contributed by atoms with Crippen LogP contribution >= 0.6 is 24.0 Å². The van der Waals surface area contributed by atoms with E-state index in [9.17, 15) is 4.79 Å². The molecule has 0 bridgehead atoms. The van der Waals surface area contributed by atoms with Crippen molar-refractivity contribution in [2.75, 3.05) is 53.0 Å². The molecule has 22 heavy (non-hydrogen) atoms. The summed E-state index contributed by atoms with van der Waals surface area (Å²) >= 11 is 0. The zero-order chi connectivity index (χ0) is 15.5. The first-order chi connectivity index (χ1) is 10.2. The van der Waals surface area contributed by atoms with Crippen LogP contribution in [0.3, 0.4) is 0 Å². The van der Waals surface area contributed by atoms with E-state index in [0.29, 0.717) is 25.6 Å². The molecule has 0 aliphatic carbocycles. The second-order valence-corrected chi connectivity index (χ2v) is 4.97. The Kier molecular flexibility index (Phi) is 12.5. The fourth-order valence-corrected chi connectivity index (χ4v) is 2.08. The van der Waals surface area contributed by atoms with Crippen molar-refractivity contribution < 1.29 is 14.3 Å². The Morgan fingerprint density at radius 1 is 1.36 bits per heavy atom. The molecule has 8 heteroatoms. The Morgan fingerprint density at radius 3 is 2.64 bits per heavy atom. The van der Waals surface area contributed by atoms with E-state index in [1.807, 2.05) is 6.92 Å². The Balaban J connectivity index is 0.00000441. The third kappa shape index (κ3) is 8.74. The van der Waals surface area contributed by atoms with E-state index in [-0.39, 0.29) is 29.9 Å². The first-order valence-electron chi connectivity index (χ1n) is 7.58. The molecular formula is C14H29IN4O3. The predicted molar refractivity (Wildman–Crippen MR) is 97.9 cm³/mol. The minimum atomic E-state index is -0.222. The maximum absolute atomic E-state index is 11.1. The molecule has 1 aliphatic heterocycles. The van der Waals surface area contributed by atoms with Crippen LogP contribution in [0.4, 0.5) is 0 Å². The van der Waals surface area contributed by atoms with Gasteiger partial charge in [0.25, 0.3) is 0 Å². The highest BCUT2D eigenvalue weighted by Gasteiger charge is 2.16. The van der Waals surface area contributed by atoms with Crippen LogP contribution in [-0.2, 0) is 14.3 Å². The fraction of sp³-hybridized carbons (Fsp3) is 0.857. The molecule has 1 rings (SSSR count). The molecule has 1 aliphatic rings. The van der Waals surface area contributed by atoms with Crippen molar-refractivity contribution in [2.24, 2.45) is 4.99 Å². The van der Waals surface area contributed by atoms with E-state index in [4.69, 9.17) is 4.74 Å². The van der Waals surface area contributed by atoms with Gasteiger partial charge in [-0.3, -0.25) is 14.7 Å². The maximum atomic E-state index is 11.1. The van der Waals surface area contributed by atoms with Crippen molar-refractivity contribution in [1.82, 2.24) is 15.5 Å². The molecule has 2 N–H and O–H groups in total. The minimum Gasteiger partial charge on any atom is -0.469 e. The number of rotatable bonds is 7. The number of carbonyl (C=O) groups is 1. The molecule has 0 saturated carbocycles. The van der Waals surface area contributed by atoms with Gasteiger partial charge < -0.3 is 20.1 Å². The number of carbonyl (C=O) groups excluding carboxylic acids is 1. The van der Waals surface area contributed by atoms with Crippen LogP contribution in [0.1, 0.15) is 20.3 Å². The van der Waals surface area contributed by atoms with E-state index >= 15 is 0 Å². The van der Waals surface area contributed by atoms with Crippen molar-refractivity contribution in [2.45, 2.75) is 26.3 Å². The fourth-order valence-electron chi connectivity index (χ4n) is 2.08. The highest BCUT2D eigenvalue weighted by Crippen LogP contribution is 2.03. The number of hydrogen-bond acceptors (Lipinski definition) is 5. The summed E-state index contributed by atoms with van der Waals surface area (Å²) in [5, 5.41) is 6.32. The smallest absolute Gasteiger partial charge is 0.307 e. The van der Waals surface area contributed by atoms with Gasteiger partial charge in [-0.05, 0) is 13.8 Å². The third-order valence-electron chi connectivity index (χ3n) is 3.38. The van der Waals surface area contributed by atoms with Crippen molar-refractivity contribution in [3.8, 4) is 0 Å². The maximum Gasteiger partial charge on any atom is 0.307 e. The topological polar surface area (TPSA) is 75.2 Å². The largest absolute Gasteiger partial charge is 0.469 e. The number of nitrogens with zero attached hydrogens (tertiary/aromatic N) is 2. The zero-order valence-corrected chi connectivity index (χ0v) is 16.1. The summed E-state index contributed by atoms with van der Waals surface area (Å²) in [6, 6.07) is 0.380. The molecule has 0 radical (unpaired) electrons. The van der Waals surface area contributed by atoms with Gasteiger partial charge >= 0.3 is 5.97 Å². The molecule has 0 amide bonds. The van der Waals surface area contributed by atoms with Crippen LogP contribution in [0.2, 0.25) is 0 Å². The summed E-state index contributed by atoms with van der Waals surface area (Å²) < 4.78 is 9.97. The molecule has 1 unspecified atom stereocenters. The van der Waals surface area contributed by atoms with Gasteiger partial charge in [0.05, 0.1) is 33.3 Å². The first kappa shape index (κ1) is 21.4. The van der Waals surface area contributed by atoms with E-state index in [2.05, 4.69) is 32.2 Å². The number of nitrogens with one attached hydrogen (secondary N) is 2. The summed E-state index contributed by atoms with van der Waals surface area (Å²) in [5.41, 5.74) is 0. The molecular weight excluding hydrogens is 399 g/mol. The highest BCUT2D eigenvalue weighted by atomic mass is 127. The summed E-state index contributed by atoms with van der Waals surface area (Å²) in [4.78, 5) is 18.0. The first-order valence-corrected chi connectivity index (χ1v) is 7.58.